The summed E-state index contributed by atoms with van der Waals surface area (Å²) in [5, 5.41) is 0.644. The fraction of sp³-hybridized carbons (Fsp3) is 0. The number of nitrogens with two attached hydrogens (primary N) is 1. The molecule has 0 radical (unpaired) electrons. The number of hydrogen-bond acceptors (Lipinski definition) is 2. The van der Waals surface area contributed by atoms with Crippen molar-refractivity contribution in [1.29, 1.82) is 0 Å². The molecule has 2 aromatic rings. The average Bonchev–Trinajstić information content (AvgIpc) is 2.75. The summed E-state index contributed by atoms with van der Waals surface area (Å²) < 4.78 is 6.42. The molecule has 1 aromatic carbocycles. The van der Waals surface area contributed by atoms with Crippen LogP contribution in [-0.4, -0.2) is 5.91 Å². The van der Waals surface area contributed by atoms with E-state index in [1.54, 1.807) is 18.2 Å². The molecule has 5 heteroatoms. The van der Waals surface area contributed by atoms with Crippen LogP contribution in [0, 0.1) is 0 Å². The van der Waals surface area contributed by atoms with Gasteiger partial charge in [0.15, 0.2) is 0 Å². The molecule has 0 aliphatic heterocycles. The topological polar surface area (TPSA) is 56.2 Å². The van der Waals surface area contributed by atoms with E-state index in [1.165, 1.54) is 12.2 Å². The van der Waals surface area contributed by atoms with Crippen LogP contribution in [0.5, 0.6) is 0 Å². The Morgan fingerprint density at radius 3 is 2.78 bits per heavy atom. The molecule has 0 fully saturated rings. The van der Waals surface area contributed by atoms with Gasteiger partial charge in [-0.1, -0.05) is 11.6 Å². The van der Waals surface area contributed by atoms with Gasteiger partial charge in [0.1, 0.15) is 11.5 Å². The van der Waals surface area contributed by atoms with Crippen LogP contribution in [0.4, 0.5) is 0 Å². The lowest BCUT2D eigenvalue weighted by molar-refractivity contribution is -0.113. The summed E-state index contributed by atoms with van der Waals surface area (Å²) in [5.41, 5.74) is 5.90. The molecule has 0 aliphatic carbocycles. The lowest BCUT2D eigenvalue weighted by Gasteiger charge is -2.01. The zero-order valence-electron chi connectivity index (χ0n) is 9.19. The van der Waals surface area contributed by atoms with Gasteiger partial charge in [0.25, 0.3) is 0 Å². The predicted octanol–water partition coefficient (Wildman–Crippen LogP) is 3.86. The van der Waals surface area contributed by atoms with E-state index >= 15 is 0 Å². The van der Waals surface area contributed by atoms with Gasteiger partial charge in [0, 0.05) is 21.1 Å². The lowest BCUT2D eigenvalue weighted by atomic mass is 10.2. The smallest absolute Gasteiger partial charge is 0.241 e. The highest BCUT2D eigenvalue weighted by atomic mass is 79.9. The molecule has 1 heterocycles. The normalized spacial score (nSPS) is 11.0. The lowest BCUT2D eigenvalue weighted by Crippen LogP contribution is -2.04. The van der Waals surface area contributed by atoms with Crippen molar-refractivity contribution in [2.24, 2.45) is 5.73 Å². The number of carbonyl (C=O) groups is 1. The number of benzene rings is 1. The molecule has 2 N–H and O–H groups in total. The van der Waals surface area contributed by atoms with Crippen molar-refractivity contribution in [1.82, 2.24) is 0 Å². The van der Waals surface area contributed by atoms with Crippen molar-refractivity contribution in [2.75, 3.05) is 0 Å². The summed E-state index contributed by atoms with van der Waals surface area (Å²) in [6.07, 6.45) is 2.77. The van der Waals surface area contributed by atoms with Crippen LogP contribution in [0.25, 0.3) is 17.4 Å². The molecule has 3 nitrogen and oxygen atoms in total. The van der Waals surface area contributed by atoms with E-state index in [1.807, 2.05) is 12.1 Å². The van der Waals surface area contributed by atoms with Crippen molar-refractivity contribution < 1.29 is 9.21 Å². The van der Waals surface area contributed by atoms with E-state index in [0.717, 1.165) is 10.0 Å². The number of halogens is 2. The molecule has 1 aromatic heterocycles. The number of hydrogen-bond donors (Lipinski definition) is 1. The summed E-state index contributed by atoms with van der Waals surface area (Å²) in [7, 11) is 0. The van der Waals surface area contributed by atoms with Crippen molar-refractivity contribution in [3.8, 4) is 11.3 Å². The van der Waals surface area contributed by atoms with Crippen molar-refractivity contribution in [3.63, 3.8) is 0 Å². The molecule has 0 bridgehead atoms. The quantitative estimate of drug-likeness (QED) is 0.871. The molecule has 0 atom stereocenters. The summed E-state index contributed by atoms with van der Waals surface area (Å²) >= 11 is 9.29. The highest BCUT2D eigenvalue weighted by Crippen LogP contribution is 2.31. The van der Waals surface area contributed by atoms with Crippen LogP contribution in [0.2, 0.25) is 5.02 Å². The van der Waals surface area contributed by atoms with E-state index in [-0.39, 0.29) is 0 Å². The van der Waals surface area contributed by atoms with E-state index in [2.05, 4.69) is 15.9 Å². The average molecular weight is 327 g/mol. The summed E-state index contributed by atoms with van der Waals surface area (Å²) in [6, 6.07) is 9.00. The molecule has 92 valence electrons. The molecule has 0 spiro atoms. The number of primary amides is 1. The number of amides is 1. The van der Waals surface area contributed by atoms with Crippen LogP contribution < -0.4 is 5.73 Å². The van der Waals surface area contributed by atoms with Gasteiger partial charge in [-0.2, -0.15) is 0 Å². The minimum absolute atomic E-state index is 0.513. The molecular weight excluding hydrogens is 318 g/mol. The zero-order chi connectivity index (χ0) is 13.1. The summed E-state index contributed by atoms with van der Waals surface area (Å²) in [6.45, 7) is 0. The molecule has 0 aliphatic rings. The van der Waals surface area contributed by atoms with Gasteiger partial charge in [0.05, 0.1) is 0 Å². The second-order valence-electron chi connectivity index (χ2n) is 3.56. The maximum Gasteiger partial charge on any atom is 0.241 e. The monoisotopic (exact) mass is 325 g/mol. The number of carbonyl (C=O) groups excluding carboxylic acids is 1. The van der Waals surface area contributed by atoms with Gasteiger partial charge >= 0.3 is 0 Å². The van der Waals surface area contributed by atoms with Gasteiger partial charge in [-0.3, -0.25) is 4.79 Å². The maximum absolute atomic E-state index is 10.6. The van der Waals surface area contributed by atoms with Crippen LogP contribution in [0.1, 0.15) is 5.76 Å². The first-order valence-corrected chi connectivity index (χ1v) is 6.26. The third kappa shape index (κ3) is 3.03. The van der Waals surface area contributed by atoms with E-state index in [4.69, 9.17) is 21.8 Å². The highest BCUT2D eigenvalue weighted by Gasteiger charge is 2.07. The van der Waals surface area contributed by atoms with Gasteiger partial charge in [-0.05, 0) is 52.3 Å². The Bertz CT molecular complexity index is 619. The Balaban J connectivity index is 2.32. The van der Waals surface area contributed by atoms with Gasteiger partial charge in [-0.25, -0.2) is 0 Å². The first-order chi connectivity index (χ1) is 8.56. The van der Waals surface area contributed by atoms with E-state index in [9.17, 15) is 4.79 Å². The Kier molecular flexibility index (Phi) is 3.89. The maximum atomic E-state index is 10.6. The Labute approximate surface area is 117 Å². The Hall–Kier alpha value is -1.52. The van der Waals surface area contributed by atoms with Crippen LogP contribution in [0.15, 0.2) is 45.3 Å². The second kappa shape index (κ2) is 5.42. The highest BCUT2D eigenvalue weighted by molar-refractivity contribution is 9.10. The molecular formula is C13H9BrClNO2. The largest absolute Gasteiger partial charge is 0.457 e. The number of rotatable bonds is 3. The zero-order valence-corrected chi connectivity index (χ0v) is 11.5. The minimum atomic E-state index is -0.513. The summed E-state index contributed by atoms with van der Waals surface area (Å²) in [4.78, 5) is 10.6. The van der Waals surface area contributed by atoms with Crippen molar-refractivity contribution in [2.45, 2.75) is 0 Å². The van der Waals surface area contributed by atoms with Gasteiger partial charge in [-0.15, -0.1) is 0 Å². The molecule has 1 amide bonds. The fourth-order valence-electron chi connectivity index (χ4n) is 1.44. The third-order valence-electron chi connectivity index (χ3n) is 2.24. The number of furan rings is 1. The fourth-order valence-corrected chi connectivity index (χ4v) is 2.32. The summed E-state index contributed by atoms with van der Waals surface area (Å²) in [5.74, 6) is 0.730. The molecule has 18 heavy (non-hydrogen) atoms. The van der Waals surface area contributed by atoms with Crippen molar-refractivity contribution >= 4 is 39.5 Å². The standard InChI is InChI=1S/C13H9BrClNO2/c14-11-7-8(15)1-4-10(11)12-5-2-9(18-12)3-6-13(16)17/h1-7H,(H2,16,17)/b6-3+. The van der Waals surface area contributed by atoms with Crippen LogP contribution in [0.3, 0.4) is 0 Å². The van der Waals surface area contributed by atoms with Crippen molar-refractivity contribution in [3.05, 3.63) is 51.7 Å². The van der Waals surface area contributed by atoms with E-state index < -0.39 is 5.91 Å². The predicted molar refractivity (Wildman–Crippen MR) is 75.1 cm³/mol. The third-order valence-corrected chi connectivity index (χ3v) is 3.13. The first-order valence-electron chi connectivity index (χ1n) is 5.09. The van der Waals surface area contributed by atoms with E-state index in [0.29, 0.717) is 16.5 Å². The Morgan fingerprint density at radius 2 is 2.11 bits per heavy atom. The SMILES string of the molecule is NC(=O)/C=C/c1ccc(-c2ccc(Cl)cc2Br)o1. The van der Waals surface area contributed by atoms with Crippen LogP contribution >= 0.6 is 27.5 Å². The molecule has 0 unspecified atom stereocenters. The molecule has 0 saturated heterocycles. The van der Waals surface area contributed by atoms with Gasteiger partial charge in [0.2, 0.25) is 5.91 Å². The van der Waals surface area contributed by atoms with Gasteiger partial charge < -0.3 is 10.2 Å². The first kappa shape index (κ1) is 12.9. The Morgan fingerprint density at radius 1 is 1.33 bits per heavy atom. The molecule has 2 rings (SSSR count). The second-order valence-corrected chi connectivity index (χ2v) is 4.85. The van der Waals surface area contributed by atoms with Crippen LogP contribution in [-0.2, 0) is 4.79 Å². The molecule has 0 saturated carbocycles. The minimum Gasteiger partial charge on any atom is -0.457 e.